The third-order valence-electron chi connectivity index (χ3n) is 5.75. The van der Waals surface area contributed by atoms with E-state index in [2.05, 4.69) is 15.5 Å². The first-order valence-electron chi connectivity index (χ1n) is 11.6. The lowest BCUT2D eigenvalue weighted by Crippen LogP contribution is -2.33. The van der Waals surface area contributed by atoms with Crippen LogP contribution in [0.25, 0.3) is 0 Å². The number of nitrogens with one attached hydrogen (secondary N) is 1. The molecule has 4 rings (SSSR count). The lowest BCUT2D eigenvalue weighted by atomic mass is 9.94. The minimum atomic E-state index is -0.550. The van der Waals surface area contributed by atoms with Crippen LogP contribution in [-0.2, 0) is 11.2 Å². The van der Waals surface area contributed by atoms with Gasteiger partial charge in [0.05, 0.1) is 31.1 Å². The quantitative estimate of drug-likeness (QED) is 0.350. The minimum absolute atomic E-state index is 0.317. The van der Waals surface area contributed by atoms with Gasteiger partial charge in [0.1, 0.15) is 5.75 Å². The van der Waals surface area contributed by atoms with Crippen molar-refractivity contribution in [1.29, 1.82) is 0 Å². The van der Waals surface area contributed by atoms with Crippen LogP contribution in [0.2, 0.25) is 5.02 Å². The summed E-state index contributed by atoms with van der Waals surface area (Å²) in [5.41, 5.74) is 5.98. The van der Waals surface area contributed by atoms with E-state index in [9.17, 15) is 9.90 Å². The van der Waals surface area contributed by atoms with E-state index in [1.807, 2.05) is 49.4 Å². The number of hydrogen-bond acceptors (Lipinski definition) is 6. The first kappa shape index (κ1) is 24.9. The van der Waals surface area contributed by atoms with Crippen LogP contribution in [0.4, 0.5) is 0 Å². The van der Waals surface area contributed by atoms with E-state index in [0.29, 0.717) is 36.5 Å². The third kappa shape index (κ3) is 6.88. The summed E-state index contributed by atoms with van der Waals surface area (Å²) in [6.45, 7) is 2.59. The molecule has 0 bridgehead atoms. The summed E-state index contributed by atoms with van der Waals surface area (Å²) >= 11 is 6.49. The number of pyridine rings is 1. The van der Waals surface area contributed by atoms with Gasteiger partial charge in [0.15, 0.2) is 0 Å². The summed E-state index contributed by atoms with van der Waals surface area (Å²) in [6, 6.07) is 17.0. The largest absolute Gasteiger partial charge is 0.494 e. The average Bonchev–Trinajstić information content (AvgIpc) is 2.87. The van der Waals surface area contributed by atoms with E-state index >= 15 is 0 Å². The highest BCUT2D eigenvalue weighted by atomic mass is 35.5. The van der Waals surface area contributed by atoms with Crippen LogP contribution >= 0.6 is 11.6 Å². The van der Waals surface area contributed by atoms with Crippen molar-refractivity contribution in [3.63, 3.8) is 0 Å². The summed E-state index contributed by atoms with van der Waals surface area (Å²) in [5.74, 6) is 0.499. The summed E-state index contributed by atoms with van der Waals surface area (Å²) < 4.78 is 11.7. The molecule has 8 heteroatoms. The molecular weight excluding hydrogens is 466 g/mol. The number of carbonyl (C=O) groups excluding carboxylic acids is 1. The topological polar surface area (TPSA) is 93.0 Å². The standard InChI is InChI=1S/C27H28ClN3O4/c1-2-34-23-6-3-18(4-7-23)13-21-14-20(5-8-25(21)28)26-16-22(32)15-24(35-26)17-30-31-27(33)19-9-11-29-12-10-19/h3-12,14,17,22,24,26,32H,2,13,15-16H2,1H3,(H,31,33). The highest BCUT2D eigenvalue weighted by Gasteiger charge is 2.29. The Kier molecular flexibility index (Phi) is 8.47. The molecular formula is C27H28ClN3O4. The molecule has 0 aliphatic carbocycles. The Hall–Kier alpha value is -3.26. The molecule has 1 aromatic heterocycles. The number of carbonyl (C=O) groups is 1. The van der Waals surface area contributed by atoms with Gasteiger partial charge < -0.3 is 14.6 Å². The van der Waals surface area contributed by atoms with Gasteiger partial charge in [-0.05, 0) is 60.4 Å². The minimum Gasteiger partial charge on any atom is -0.494 e. The second-order valence-electron chi connectivity index (χ2n) is 8.35. The maximum Gasteiger partial charge on any atom is 0.271 e. The number of halogens is 1. The van der Waals surface area contributed by atoms with Gasteiger partial charge in [-0.2, -0.15) is 5.10 Å². The molecule has 2 aromatic carbocycles. The molecule has 0 spiro atoms. The van der Waals surface area contributed by atoms with Gasteiger partial charge >= 0.3 is 0 Å². The number of nitrogens with zero attached hydrogens (tertiary/aromatic N) is 2. The Morgan fingerprint density at radius 1 is 1.20 bits per heavy atom. The normalized spacial score (nSPS) is 20.0. The van der Waals surface area contributed by atoms with Gasteiger partial charge in [-0.15, -0.1) is 0 Å². The van der Waals surface area contributed by atoms with Gasteiger partial charge in [-0.25, -0.2) is 5.43 Å². The smallest absolute Gasteiger partial charge is 0.271 e. The number of benzene rings is 2. The van der Waals surface area contributed by atoms with Gasteiger partial charge in [-0.1, -0.05) is 35.9 Å². The zero-order valence-corrected chi connectivity index (χ0v) is 20.2. The van der Waals surface area contributed by atoms with Crippen LogP contribution in [0.1, 0.15) is 52.9 Å². The molecule has 3 aromatic rings. The Morgan fingerprint density at radius 2 is 1.97 bits per heavy atom. The SMILES string of the molecule is CCOc1ccc(Cc2cc(C3CC(O)CC(C=NNC(=O)c4ccncc4)O3)ccc2Cl)cc1. The van der Waals surface area contributed by atoms with Gasteiger partial charge in [0.2, 0.25) is 0 Å². The van der Waals surface area contributed by atoms with E-state index in [1.54, 1.807) is 24.5 Å². The van der Waals surface area contributed by atoms with E-state index < -0.39 is 12.2 Å². The van der Waals surface area contributed by atoms with E-state index in [1.165, 1.54) is 6.21 Å². The van der Waals surface area contributed by atoms with Gasteiger partial charge in [-0.3, -0.25) is 9.78 Å². The van der Waals surface area contributed by atoms with Crippen LogP contribution in [0, 0.1) is 0 Å². The first-order chi connectivity index (χ1) is 17.0. The van der Waals surface area contributed by atoms with Gasteiger partial charge in [0, 0.05) is 35.8 Å². The fraction of sp³-hybridized carbons (Fsp3) is 0.296. The van der Waals surface area contributed by atoms with Crippen LogP contribution in [0.3, 0.4) is 0 Å². The van der Waals surface area contributed by atoms with Crippen LogP contribution in [0.5, 0.6) is 5.75 Å². The van der Waals surface area contributed by atoms with Crippen molar-refractivity contribution in [3.05, 3.63) is 94.3 Å². The molecule has 7 nitrogen and oxygen atoms in total. The maximum absolute atomic E-state index is 12.1. The predicted octanol–water partition coefficient (Wildman–Crippen LogP) is 4.72. The Balaban J connectivity index is 1.41. The first-order valence-corrected chi connectivity index (χ1v) is 12.0. The predicted molar refractivity (Wildman–Crippen MR) is 135 cm³/mol. The summed E-state index contributed by atoms with van der Waals surface area (Å²) in [6.07, 6.45) is 4.84. The molecule has 1 aliphatic rings. The van der Waals surface area contributed by atoms with Crippen LogP contribution < -0.4 is 10.2 Å². The van der Waals surface area contributed by atoms with Crippen molar-refractivity contribution >= 4 is 23.7 Å². The molecule has 2 N–H and O–H groups in total. The fourth-order valence-electron chi connectivity index (χ4n) is 4.01. The summed E-state index contributed by atoms with van der Waals surface area (Å²) in [7, 11) is 0. The molecule has 3 atom stereocenters. The number of amides is 1. The fourth-order valence-corrected chi connectivity index (χ4v) is 4.20. The Morgan fingerprint density at radius 3 is 2.71 bits per heavy atom. The summed E-state index contributed by atoms with van der Waals surface area (Å²) in [5, 5.41) is 15.2. The molecule has 0 saturated carbocycles. The number of aliphatic hydroxyl groups is 1. The van der Waals surface area contributed by atoms with E-state index in [0.717, 1.165) is 22.4 Å². The molecule has 2 heterocycles. The molecule has 1 aliphatic heterocycles. The van der Waals surface area contributed by atoms with E-state index in [4.69, 9.17) is 21.1 Å². The van der Waals surface area contributed by atoms with Crippen molar-refractivity contribution in [1.82, 2.24) is 10.4 Å². The molecule has 1 saturated heterocycles. The van der Waals surface area contributed by atoms with E-state index in [-0.39, 0.29) is 12.0 Å². The monoisotopic (exact) mass is 493 g/mol. The number of hydrazone groups is 1. The molecule has 182 valence electrons. The number of aromatic nitrogens is 1. The number of hydrogen-bond donors (Lipinski definition) is 2. The summed E-state index contributed by atoms with van der Waals surface area (Å²) in [4.78, 5) is 16.0. The Bertz CT molecular complexity index is 1150. The molecule has 1 amide bonds. The van der Waals surface area contributed by atoms with Gasteiger partial charge in [0.25, 0.3) is 5.91 Å². The maximum atomic E-state index is 12.1. The van der Waals surface area contributed by atoms with Crippen LogP contribution in [-0.4, -0.2) is 41.0 Å². The van der Waals surface area contributed by atoms with Crippen molar-refractivity contribution < 1.29 is 19.4 Å². The Labute approximate surface area is 209 Å². The molecule has 35 heavy (non-hydrogen) atoms. The second kappa shape index (κ2) is 11.9. The van der Waals surface area contributed by atoms with Crippen molar-refractivity contribution in [2.45, 2.75) is 44.5 Å². The van der Waals surface area contributed by atoms with Crippen molar-refractivity contribution in [3.8, 4) is 5.75 Å². The lowest BCUT2D eigenvalue weighted by Gasteiger charge is -2.32. The zero-order valence-electron chi connectivity index (χ0n) is 19.4. The number of aliphatic hydroxyl groups excluding tert-OH is 1. The average molecular weight is 494 g/mol. The van der Waals surface area contributed by atoms with Crippen LogP contribution in [0.15, 0.2) is 72.1 Å². The zero-order chi connectivity index (χ0) is 24.6. The number of rotatable bonds is 8. The molecule has 0 radical (unpaired) electrons. The molecule has 1 fully saturated rings. The lowest BCUT2D eigenvalue weighted by molar-refractivity contribution is -0.0681. The highest BCUT2D eigenvalue weighted by molar-refractivity contribution is 6.31. The highest BCUT2D eigenvalue weighted by Crippen LogP contribution is 2.33. The van der Waals surface area contributed by atoms with Crippen molar-refractivity contribution in [2.24, 2.45) is 5.10 Å². The third-order valence-corrected chi connectivity index (χ3v) is 6.12. The van der Waals surface area contributed by atoms with Crippen molar-refractivity contribution in [2.75, 3.05) is 6.61 Å². The number of ether oxygens (including phenoxy) is 2. The molecule has 3 unspecified atom stereocenters. The second-order valence-corrected chi connectivity index (χ2v) is 8.76.